The van der Waals surface area contributed by atoms with Gasteiger partial charge in [-0.3, -0.25) is 24.3 Å². The van der Waals surface area contributed by atoms with Crippen LogP contribution in [0.1, 0.15) is 27.0 Å². The van der Waals surface area contributed by atoms with Crippen LogP contribution in [0, 0.1) is 25.5 Å². The number of rotatable bonds is 8. The van der Waals surface area contributed by atoms with Crippen LogP contribution in [0.15, 0.2) is 41.5 Å². The smallest absolute Gasteiger partial charge is 0.278 e. The third-order valence-electron chi connectivity index (χ3n) is 4.80. The number of halogens is 2. The molecule has 0 bridgehead atoms. The van der Waals surface area contributed by atoms with Gasteiger partial charge >= 0.3 is 0 Å². The van der Waals surface area contributed by atoms with Crippen LogP contribution in [0.2, 0.25) is 0 Å². The number of anilines is 3. The fraction of sp³-hybridized carbons (Fsp3) is 0.190. The van der Waals surface area contributed by atoms with Crippen LogP contribution >= 0.6 is 12.1 Å². The minimum atomic E-state index is -0.688. The average molecular weight is 477 g/mol. The normalized spacial score (nSPS) is 10.7. The summed E-state index contributed by atoms with van der Waals surface area (Å²) in [5.41, 5.74) is 2.86. The maximum absolute atomic E-state index is 14.7. The Morgan fingerprint density at radius 2 is 2.03 bits per heavy atom. The molecule has 3 aromatic rings. The standard InChI is InChI=1S/C21H22F2N6O3S/c1-11-4-5-16(15(22)8-11)26-18-12(2)21(31)29(10-14(18)20(30)27-32-3)9-13-6-7-25-19(17(13)23)28-33-24/h4-8,10,26H,9,24H2,1-3H3,(H,25,28)(H,27,30). The van der Waals surface area contributed by atoms with E-state index < -0.39 is 23.1 Å². The molecule has 33 heavy (non-hydrogen) atoms. The summed E-state index contributed by atoms with van der Waals surface area (Å²) in [6, 6.07) is 5.93. The van der Waals surface area contributed by atoms with Gasteiger partial charge in [-0.05, 0) is 37.6 Å². The first kappa shape index (κ1) is 24.2. The highest BCUT2D eigenvalue weighted by Crippen LogP contribution is 2.26. The van der Waals surface area contributed by atoms with Crippen molar-refractivity contribution in [3.8, 4) is 0 Å². The van der Waals surface area contributed by atoms with Gasteiger partial charge < -0.3 is 9.88 Å². The number of aryl methyl sites for hydroxylation is 1. The molecule has 0 aliphatic carbocycles. The molecule has 0 saturated heterocycles. The second kappa shape index (κ2) is 10.4. The number of aromatic nitrogens is 2. The molecule has 1 aromatic carbocycles. The molecule has 0 aliphatic rings. The van der Waals surface area contributed by atoms with Crippen LogP contribution in [0.25, 0.3) is 0 Å². The van der Waals surface area contributed by atoms with Crippen molar-refractivity contribution in [2.45, 2.75) is 20.4 Å². The number of hydrogen-bond acceptors (Lipinski definition) is 8. The first-order chi connectivity index (χ1) is 15.8. The molecule has 0 saturated carbocycles. The molecule has 0 atom stereocenters. The maximum atomic E-state index is 14.7. The van der Waals surface area contributed by atoms with Gasteiger partial charge in [0, 0.05) is 35.7 Å². The van der Waals surface area contributed by atoms with Crippen molar-refractivity contribution in [2.24, 2.45) is 5.14 Å². The van der Waals surface area contributed by atoms with E-state index in [1.807, 2.05) is 0 Å². The van der Waals surface area contributed by atoms with E-state index in [0.717, 1.165) is 0 Å². The van der Waals surface area contributed by atoms with Crippen molar-refractivity contribution in [2.75, 3.05) is 17.1 Å². The van der Waals surface area contributed by atoms with Gasteiger partial charge in [-0.15, -0.1) is 0 Å². The number of amides is 1. The Labute approximate surface area is 192 Å². The fourth-order valence-electron chi connectivity index (χ4n) is 3.17. The summed E-state index contributed by atoms with van der Waals surface area (Å²) in [6.07, 6.45) is 2.62. The number of nitrogens with one attached hydrogen (secondary N) is 3. The minimum absolute atomic E-state index is 0.000693. The number of benzene rings is 1. The first-order valence-electron chi connectivity index (χ1n) is 9.62. The number of pyridine rings is 2. The van der Waals surface area contributed by atoms with Crippen molar-refractivity contribution in [1.82, 2.24) is 15.0 Å². The van der Waals surface area contributed by atoms with Crippen LogP contribution < -0.4 is 26.2 Å². The Hall–Kier alpha value is -3.48. The molecule has 5 N–H and O–H groups in total. The third-order valence-corrected chi connectivity index (χ3v) is 5.11. The number of carbonyl (C=O) groups excluding carboxylic acids is 1. The predicted molar refractivity (Wildman–Crippen MR) is 123 cm³/mol. The summed E-state index contributed by atoms with van der Waals surface area (Å²) in [4.78, 5) is 34.3. The largest absolute Gasteiger partial charge is 0.352 e. The number of carbonyl (C=O) groups is 1. The van der Waals surface area contributed by atoms with Crippen molar-refractivity contribution in [3.63, 3.8) is 0 Å². The first-order valence-corrected chi connectivity index (χ1v) is 10.5. The number of nitrogens with two attached hydrogens (primary N) is 1. The van der Waals surface area contributed by atoms with E-state index in [4.69, 9.17) is 9.98 Å². The van der Waals surface area contributed by atoms with Crippen LogP contribution in [0.3, 0.4) is 0 Å². The van der Waals surface area contributed by atoms with E-state index in [-0.39, 0.29) is 40.4 Å². The van der Waals surface area contributed by atoms with Gasteiger partial charge in [0.05, 0.1) is 30.6 Å². The molecule has 9 nitrogen and oxygen atoms in total. The summed E-state index contributed by atoms with van der Waals surface area (Å²) in [7, 11) is 1.25. The molecule has 0 unspecified atom stereocenters. The third kappa shape index (κ3) is 5.30. The maximum Gasteiger partial charge on any atom is 0.278 e. The molecule has 1 amide bonds. The zero-order valence-corrected chi connectivity index (χ0v) is 18.8. The monoisotopic (exact) mass is 476 g/mol. The second-order valence-electron chi connectivity index (χ2n) is 7.07. The van der Waals surface area contributed by atoms with Gasteiger partial charge in [0.1, 0.15) is 5.82 Å². The van der Waals surface area contributed by atoms with Crippen LogP contribution in [0.4, 0.5) is 26.0 Å². The lowest BCUT2D eigenvalue weighted by molar-refractivity contribution is 0.0537. The van der Waals surface area contributed by atoms with Crippen LogP contribution in [-0.2, 0) is 11.4 Å². The van der Waals surface area contributed by atoms with Crippen LogP contribution in [0.5, 0.6) is 0 Å². The predicted octanol–water partition coefficient (Wildman–Crippen LogP) is 3.16. The number of hydroxylamine groups is 1. The highest BCUT2D eigenvalue weighted by atomic mass is 32.2. The minimum Gasteiger partial charge on any atom is -0.352 e. The van der Waals surface area contributed by atoms with Gasteiger partial charge in [0.15, 0.2) is 11.6 Å². The Morgan fingerprint density at radius 3 is 2.70 bits per heavy atom. The lowest BCUT2D eigenvalue weighted by atomic mass is 10.1. The molecular formula is C21H22F2N6O3S. The quantitative estimate of drug-likeness (QED) is 0.289. The molecular weight excluding hydrogens is 454 g/mol. The molecule has 174 valence electrons. The Bertz CT molecular complexity index is 1250. The van der Waals surface area contributed by atoms with Gasteiger partial charge in [-0.1, -0.05) is 6.07 Å². The number of nitrogens with zero attached hydrogens (tertiary/aromatic N) is 2. The molecule has 12 heteroatoms. The molecule has 2 aromatic heterocycles. The van der Waals surface area contributed by atoms with Crippen molar-refractivity contribution in [1.29, 1.82) is 0 Å². The molecule has 2 heterocycles. The Balaban J connectivity index is 2.10. The number of hydrogen-bond donors (Lipinski definition) is 4. The lowest BCUT2D eigenvalue weighted by Gasteiger charge is -2.18. The lowest BCUT2D eigenvalue weighted by Crippen LogP contribution is -2.30. The highest BCUT2D eigenvalue weighted by Gasteiger charge is 2.21. The topological polar surface area (TPSA) is 123 Å². The Kier molecular flexibility index (Phi) is 7.63. The average Bonchev–Trinajstić information content (AvgIpc) is 2.77. The van der Waals surface area contributed by atoms with E-state index in [1.165, 1.54) is 49.2 Å². The van der Waals surface area contributed by atoms with Crippen molar-refractivity contribution < 1.29 is 18.4 Å². The fourth-order valence-corrected chi connectivity index (χ4v) is 3.43. The molecule has 0 aliphatic heterocycles. The SMILES string of the molecule is CONC(=O)c1cn(Cc2ccnc(NSN)c2F)c(=O)c(C)c1Nc1ccc(C)cc1F. The molecule has 0 spiro atoms. The zero-order chi connectivity index (χ0) is 24.1. The van der Waals surface area contributed by atoms with Gasteiger partial charge in [-0.2, -0.15) is 0 Å². The van der Waals surface area contributed by atoms with Crippen molar-refractivity contribution in [3.05, 3.63) is 80.9 Å². The van der Waals surface area contributed by atoms with Gasteiger partial charge in [0.2, 0.25) is 0 Å². The highest BCUT2D eigenvalue weighted by molar-refractivity contribution is 7.98. The summed E-state index contributed by atoms with van der Waals surface area (Å²) in [6.45, 7) is 3.03. The zero-order valence-electron chi connectivity index (χ0n) is 18.0. The summed E-state index contributed by atoms with van der Waals surface area (Å²) >= 11 is 0.679. The van der Waals surface area contributed by atoms with Gasteiger partial charge in [0.25, 0.3) is 11.5 Å². The molecule has 0 fully saturated rings. The molecule has 3 rings (SSSR count). The summed E-state index contributed by atoms with van der Waals surface area (Å²) in [5.74, 6) is -2.00. The van der Waals surface area contributed by atoms with E-state index in [9.17, 15) is 18.4 Å². The summed E-state index contributed by atoms with van der Waals surface area (Å²) in [5, 5.41) is 8.14. The second-order valence-corrected chi connectivity index (χ2v) is 7.51. The van der Waals surface area contributed by atoms with E-state index in [2.05, 4.69) is 20.5 Å². The van der Waals surface area contributed by atoms with E-state index in [1.54, 1.807) is 13.0 Å². The van der Waals surface area contributed by atoms with E-state index in [0.29, 0.717) is 17.7 Å². The van der Waals surface area contributed by atoms with Gasteiger partial charge in [-0.25, -0.2) is 19.2 Å². The van der Waals surface area contributed by atoms with E-state index >= 15 is 0 Å². The summed E-state index contributed by atoms with van der Waals surface area (Å²) < 4.78 is 32.9. The van der Waals surface area contributed by atoms with Crippen molar-refractivity contribution >= 4 is 35.2 Å². The molecule has 0 radical (unpaired) electrons. The Morgan fingerprint density at radius 1 is 1.27 bits per heavy atom. The van der Waals surface area contributed by atoms with Crippen LogP contribution in [-0.4, -0.2) is 22.6 Å².